The van der Waals surface area contributed by atoms with Crippen molar-refractivity contribution in [2.45, 2.75) is 32.7 Å². The first kappa shape index (κ1) is 18.7. The van der Waals surface area contributed by atoms with Gasteiger partial charge in [0.1, 0.15) is 0 Å². The predicted octanol–water partition coefficient (Wildman–Crippen LogP) is 2.47. The number of rotatable bonds is 5. The minimum Gasteiger partial charge on any atom is -0.459 e. The zero-order chi connectivity index (χ0) is 18.4. The number of carbonyl (C=O) groups excluding carboxylic acids is 2. The molecule has 0 aliphatic carbocycles. The molecule has 2 rings (SSSR count). The van der Waals surface area contributed by atoms with E-state index in [1.165, 1.54) is 17.9 Å². The Morgan fingerprint density at radius 3 is 2.32 bits per heavy atom. The first-order valence-electron chi connectivity index (χ1n) is 8.16. The highest BCUT2D eigenvalue weighted by Gasteiger charge is 2.14. The van der Waals surface area contributed by atoms with E-state index in [1.807, 2.05) is 11.9 Å². The second-order valence-electron chi connectivity index (χ2n) is 7.10. The average Bonchev–Trinajstić information content (AvgIpc) is 3.06. The zero-order valence-electron chi connectivity index (χ0n) is 15.1. The molecule has 0 radical (unpaired) electrons. The van der Waals surface area contributed by atoms with Crippen LogP contribution in [0.1, 0.15) is 42.5 Å². The largest absolute Gasteiger partial charge is 0.459 e. The summed E-state index contributed by atoms with van der Waals surface area (Å²) in [6.45, 7) is 7.34. The lowest BCUT2D eigenvalue weighted by atomic mass is 9.87. The summed E-state index contributed by atoms with van der Waals surface area (Å²) in [6, 6.07) is 11.5. The molecule has 1 aromatic heterocycles. The number of nitrogens with zero attached hydrogens (tertiary/aromatic N) is 1. The normalized spacial score (nSPS) is 11.4. The van der Waals surface area contributed by atoms with Gasteiger partial charge in [0, 0.05) is 6.54 Å². The first-order chi connectivity index (χ1) is 11.8. The van der Waals surface area contributed by atoms with Crippen LogP contribution in [0.25, 0.3) is 0 Å². The lowest BCUT2D eigenvalue weighted by Crippen LogP contribution is -2.45. The molecular formula is C19H25N3O3. The predicted molar refractivity (Wildman–Crippen MR) is 95.8 cm³/mol. The van der Waals surface area contributed by atoms with Gasteiger partial charge in [0.15, 0.2) is 5.76 Å². The summed E-state index contributed by atoms with van der Waals surface area (Å²) >= 11 is 0. The van der Waals surface area contributed by atoms with Crippen molar-refractivity contribution >= 4 is 11.8 Å². The van der Waals surface area contributed by atoms with Crippen molar-refractivity contribution in [2.24, 2.45) is 0 Å². The topological polar surface area (TPSA) is 74.6 Å². The van der Waals surface area contributed by atoms with E-state index in [1.54, 1.807) is 6.07 Å². The highest BCUT2D eigenvalue weighted by molar-refractivity contribution is 5.93. The average molecular weight is 343 g/mol. The Kier molecular flexibility index (Phi) is 5.98. The van der Waals surface area contributed by atoms with E-state index in [0.717, 1.165) is 5.56 Å². The summed E-state index contributed by atoms with van der Waals surface area (Å²) in [5.41, 5.74) is 7.22. The number of amides is 2. The van der Waals surface area contributed by atoms with Crippen LogP contribution in [-0.2, 0) is 16.8 Å². The number of hydrazine groups is 1. The third-order valence-corrected chi connectivity index (χ3v) is 3.75. The molecule has 2 N–H and O–H groups in total. The lowest BCUT2D eigenvalue weighted by Gasteiger charge is -2.20. The van der Waals surface area contributed by atoms with Crippen LogP contribution in [0.15, 0.2) is 47.1 Å². The Morgan fingerprint density at radius 2 is 1.76 bits per heavy atom. The zero-order valence-corrected chi connectivity index (χ0v) is 15.1. The van der Waals surface area contributed by atoms with Gasteiger partial charge in [-0.2, -0.15) is 0 Å². The van der Waals surface area contributed by atoms with Gasteiger partial charge >= 0.3 is 5.91 Å². The van der Waals surface area contributed by atoms with E-state index in [4.69, 9.17) is 4.42 Å². The number of likely N-dealkylation sites (N-methyl/N-ethyl adjacent to an activating group) is 1. The van der Waals surface area contributed by atoms with Gasteiger partial charge in [-0.25, -0.2) is 0 Å². The number of furan rings is 1. The number of nitrogens with one attached hydrogen (secondary N) is 2. The molecule has 0 bridgehead atoms. The molecule has 25 heavy (non-hydrogen) atoms. The second-order valence-corrected chi connectivity index (χ2v) is 7.10. The van der Waals surface area contributed by atoms with Crippen molar-refractivity contribution in [1.82, 2.24) is 15.8 Å². The van der Waals surface area contributed by atoms with E-state index >= 15 is 0 Å². The Balaban J connectivity index is 1.78. The Bertz CT molecular complexity index is 701. The van der Waals surface area contributed by atoms with Crippen molar-refractivity contribution in [2.75, 3.05) is 13.6 Å². The maximum atomic E-state index is 11.9. The number of carbonyl (C=O) groups is 2. The minimum absolute atomic E-state index is 0.122. The van der Waals surface area contributed by atoms with Gasteiger partial charge in [0.25, 0.3) is 5.91 Å². The Morgan fingerprint density at radius 1 is 1.08 bits per heavy atom. The van der Waals surface area contributed by atoms with Crippen LogP contribution in [-0.4, -0.2) is 30.3 Å². The van der Waals surface area contributed by atoms with Crippen molar-refractivity contribution in [1.29, 1.82) is 0 Å². The fourth-order valence-corrected chi connectivity index (χ4v) is 2.36. The molecule has 0 saturated heterocycles. The smallest absolute Gasteiger partial charge is 0.305 e. The molecule has 6 nitrogen and oxygen atoms in total. The maximum absolute atomic E-state index is 11.9. The van der Waals surface area contributed by atoms with Crippen LogP contribution in [0.4, 0.5) is 0 Å². The summed E-state index contributed by atoms with van der Waals surface area (Å²) in [5.74, 6) is -0.639. The molecule has 0 saturated carbocycles. The second kappa shape index (κ2) is 7.98. The van der Waals surface area contributed by atoms with Crippen LogP contribution >= 0.6 is 0 Å². The van der Waals surface area contributed by atoms with E-state index < -0.39 is 5.91 Å². The van der Waals surface area contributed by atoms with Crippen LogP contribution in [0.3, 0.4) is 0 Å². The van der Waals surface area contributed by atoms with Crippen molar-refractivity contribution in [3.8, 4) is 0 Å². The quantitative estimate of drug-likeness (QED) is 0.818. The molecule has 0 spiro atoms. The standard InChI is InChI=1S/C19H25N3O3/c1-19(2,3)15-9-7-14(8-10-15)12-22(4)13-17(23)20-21-18(24)16-6-5-11-25-16/h5-11H,12-13H2,1-4H3,(H,20,23)(H,21,24). The fraction of sp³-hybridized carbons (Fsp3) is 0.368. The van der Waals surface area contributed by atoms with Gasteiger partial charge in [0.05, 0.1) is 12.8 Å². The maximum Gasteiger partial charge on any atom is 0.305 e. The highest BCUT2D eigenvalue weighted by atomic mass is 16.3. The van der Waals surface area contributed by atoms with Gasteiger partial charge in [-0.3, -0.25) is 25.3 Å². The molecule has 0 fully saturated rings. The fourth-order valence-electron chi connectivity index (χ4n) is 2.36. The van der Waals surface area contributed by atoms with Gasteiger partial charge in [-0.15, -0.1) is 0 Å². The molecular weight excluding hydrogens is 318 g/mol. The van der Waals surface area contributed by atoms with Crippen molar-refractivity contribution < 1.29 is 14.0 Å². The molecule has 0 atom stereocenters. The third kappa shape index (κ3) is 5.76. The van der Waals surface area contributed by atoms with Crippen LogP contribution in [0.2, 0.25) is 0 Å². The number of benzene rings is 1. The molecule has 1 aromatic carbocycles. The van der Waals surface area contributed by atoms with Gasteiger partial charge in [0.2, 0.25) is 0 Å². The third-order valence-electron chi connectivity index (χ3n) is 3.75. The van der Waals surface area contributed by atoms with E-state index in [9.17, 15) is 9.59 Å². The molecule has 0 aliphatic heterocycles. The molecule has 2 aromatic rings. The van der Waals surface area contributed by atoms with Crippen molar-refractivity contribution in [3.05, 3.63) is 59.5 Å². The van der Waals surface area contributed by atoms with E-state index in [2.05, 4.69) is 55.9 Å². The van der Waals surface area contributed by atoms with Crippen LogP contribution < -0.4 is 10.9 Å². The molecule has 6 heteroatoms. The van der Waals surface area contributed by atoms with Gasteiger partial charge in [-0.1, -0.05) is 45.0 Å². The lowest BCUT2D eigenvalue weighted by molar-refractivity contribution is -0.122. The first-order valence-corrected chi connectivity index (χ1v) is 8.16. The number of hydrogen-bond acceptors (Lipinski definition) is 4. The van der Waals surface area contributed by atoms with Gasteiger partial charge in [-0.05, 0) is 35.7 Å². The summed E-state index contributed by atoms with van der Waals surface area (Å²) in [5, 5.41) is 0. The highest BCUT2D eigenvalue weighted by Crippen LogP contribution is 2.22. The van der Waals surface area contributed by atoms with E-state index in [-0.39, 0.29) is 23.6 Å². The van der Waals surface area contributed by atoms with E-state index in [0.29, 0.717) is 6.54 Å². The molecule has 1 heterocycles. The van der Waals surface area contributed by atoms with Crippen LogP contribution in [0.5, 0.6) is 0 Å². The summed E-state index contributed by atoms with van der Waals surface area (Å²) in [4.78, 5) is 25.4. The molecule has 0 unspecified atom stereocenters. The molecule has 0 aliphatic rings. The number of hydrogen-bond donors (Lipinski definition) is 2. The minimum atomic E-state index is -0.487. The summed E-state index contributed by atoms with van der Waals surface area (Å²) in [7, 11) is 1.85. The summed E-state index contributed by atoms with van der Waals surface area (Å²) < 4.78 is 4.95. The SMILES string of the molecule is CN(CC(=O)NNC(=O)c1ccco1)Cc1ccc(C(C)(C)C)cc1. The monoisotopic (exact) mass is 343 g/mol. The van der Waals surface area contributed by atoms with Crippen molar-refractivity contribution in [3.63, 3.8) is 0 Å². The Labute approximate surface area is 148 Å². The van der Waals surface area contributed by atoms with Gasteiger partial charge < -0.3 is 4.42 Å². The Hall–Kier alpha value is -2.60. The van der Waals surface area contributed by atoms with Crippen LogP contribution in [0, 0.1) is 0 Å². The molecule has 134 valence electrons. The summed E-state index contributed by atoms with van der Waals surface area (Å²) in [6.07, 6.45) is 1.40. The molecule has 2 amide bonds.